The van der Waals surface area contributed by atoms with Crippen molar-refractivity contribution in [2.45, 2.75) is 13.8 Å². The van der Waals surface area contributed by atoms with Crippen LogP contribution in [-0.2, 0) is 0 Å². The van der Waals surface area contributed by atoms with Crippen molar-refractivity contribution in [3.05, 3.63) is 36.4 Å². The third kappa shape index (κ3) is 2.79. The summed E-state index contributed by atoms with van der Waals surface area (Å²) < 4.78 is 0. The number of anilines is 1. The van der Waals surface area contributed by atoms with E-state index in [1.807, 2.05) is 51.2 Å². The van der Waals surface area contributed by atoms with E-state index in [1.165, 1.54) is 0 Å². The average Bonchev–Trinajstić information content (AvgIpc) is 2.20. The van der Waals surface area contributed by atoms with E-state index in [0.29, 0.717) is 0 Å². The molecule has 1 heteroatoms. The average molecular weight is 165 g/mol. The lowest BCUT2D eigenvalue weighted by Crippen LogP contribution is -1.89. The zero-order chi connectivity index (χ0) is 9.40. The molecule has 0 fully saturated rings. The number of para-hydroxylation sites is 1. The molecular weight excluding hydrogens is 146 g/mol. The normalized spacial score (nSPS) is 7.92. The molecule has 1 nitrogen and oxygen atoms in total. The van der Waals surface area contributed by atoms with Crippen LogP contribution in [0, 0.1) is 0 Å². The van der Waals surface area contributed by atoms with Crippen LogP contribution in [0.1, 0.15) is 20.8 Å². The molecule has 1 rings (SSSR count). The fraction of sp³-hybridized carbons (Fsp3) is 0.273. The van der Waals surface area contributed by atoms with E-state index < -0.39 is 0 Å². The van der Waals surface area contributed by atoms with Crippen LogP contribution in [0.25, 0.3) is 6.08 Å². The highest BCUT2D eigenvalue weighted by molar-refractivity contribution is 5.64. The lowest BCUT2D eigenvalue weighted by molar-refractivity contribution is 1.50. The fourth-order valence-corrected chi connectivity index (χ4v) is 0.903. The van der Waals surface area contributed by atoms with Crippen molar-refractivity contribution in [2.24, 2.45) is 0 Å². The van der Waals surface area contributed by atoms with Gasteiger partial charge in [-0.15, -0.1) is 0 Å². The van der Waals surface area contributed by atoms with E-state index in [2.05, 4.69) is 11.9 Å². The minimum atomic E-state index is 0. The maximum atomic E-state index is 3.70. The van der Waals surface area contributed by atoms with Crippen LogP contribution in [0.4, 0.5) is 5.69 Å². The van der Waals surface area contributed by atoms with Crippen LogP contribution >= 0.6 is 0 Å². The van der Waals surface area contributed by atoms with Crippen LogP contribution < -0.4 is 5.32 Å². The first-order valence-corrected chi connectivity index (χ1v) is 4.27. The Labute approximate surface area is 76.6 Å². The molecule has 0 aliphatic heterocycles. The van der Waals surface area contributed by atoms with E-state index in [-0.39, 0.29) is 1.43 Å². The molecule has 0 aliphatic carbocycles. The summed E-state index contributed by atoms with van der Waals surface area (Å²) in [6.45, 7) is 7.70. The Morgan fingerprint density at radius 1 is 1.33 bits per heavy atom. The minimum absolute atomic E-state index is 0. The van der Waals surface area contributed by atoms with Gasteiger partial charge >= 0.3 is 0 Å². The number of benzene rings is 1. The standard InChI is InChI=1S/C9H11N.C2H6.H2/c1-3-8-6-4-5-7-9(8)10-2;1-2;/h3-7,10H,1H2,2H3;1-2H3;1H. The number of nitrogens with one attached hydrogen (secondary N) is 1. The number of hydrogen-bond acceptors (Lipinski definition) is 1. The van der Waals surface area contributed by atoms with Gasteiger partial charge < -0.3 is 5.32 Å². The van der Waals surface area contributed by atoms with E-state index in [0.717, 1.165) is 11.3 Å². The predicted molar refractivity (Wildman–Crippen MR) is 59.5 cm³/mol. The molecular formula is C11H19N. The van der Waals surface area contributed by atoms with Crippen LogP contribution in [0.3, 0.4) is 0 Å². The van der Waals surface area contributed by atoms with Crippen LogP contribution in [0.5, 0.6) is 0 Å². The van der Waals surface area contributed by atoms with Gasteiger partial charge in [0.1, 0.15) is 0 Å². The van der Waals surface area contributed by atoms with Crippen molar-refractivity contribution in [1.29, 1.82) is 0 Å². The van der Waals surface area contributed by atoms with Gasteiger partial charge in [-0.05, 0) is 11.6 Å². The van der Waals surface area contributed by atoms with E-state index in [1.54, 1.807) is 0 Å². The first-order chi connectivity index (χ1) is 5.88. The third-order valence-corrected chi connectivity index (χ3v) is 1.45. The van der Waals surface area contributed by atoms with Gasteiger partial charge in [-0.3, -0.25) is 0 Å². The van der Waals surface area contributed by atoms with Crippen LogP contribution in [0.2, 0.25) is 0 Å². The minimum Gasteiger partial charge on any atom is -0.388 e. The molecule has 0 saturated carbocycles. The van der Waals surface area contributed by atoms with Crippen molar-refractivity contribution in [2.75, 3.05) is 12.4 Å². The smallest absolute Gasteiger partial charge is 0.0410 e. The summed E-state index contributed by atoms with van der Waals surface area (Å²) in [6.07, 6.45) is 1.84. The van der Waals surface area contributed by atoms with E-state index >= 15 is 0 Å². The molecule has 12 heavy (non-hydrogen) atoms. The largest absolute Gasteiger partial charge is 0.388 e. The molecule has 0 unspecified atom stereocenters. The molecule has 1 aromatic rings. The summed E-state index contributed by atoms with van der Waals surface area (Å²) in [6, 6.07) is 8.05. The Kier molecular flexibility index (Phi) is 5.80. The first-order valence-electron chi connectivity index (χ1n) is 4.27. The topological polar surface area (TPSA) is 12.0 Å². The van der Waals surface area contributed by atoms with E-state index in [9.17, 15) is 0 Å². The molecule has 1 aromatic carbocycles. The highest BCUT2D eigenvalue weighted by atomic mass is 14.8. The highest BCUT2D eigenvalue weighted by Crippen LogP contribution is 2.14. The highest BCUT2D eigenvalue weighted by Gasteiger charge is 1.91. The second kappa shape index (κ2) is 6.47. The zero-order valence-corrected chi connectivity index (χ0v) is 8.09. The molecule has 0 spiro atoms. The Morgan fingerprint density at radius 2 is 1.92 bits per heavy atom. The molecule has 68 valence electrons. The monoisotopic (exact) mass is 165 g/mol. The van der Waals surface area contributed by atoms with Gasteiger partial charge in [0, 0.05) is 14.2 Å². The van der Waals surface area contributed by atoms with Gasteiger partial charge in [0.25, 0.3) is 0 Å². The van der Waals surface area contributed by atoms with Gasteiger partial charge in [-0.1, -0.05) is 44.7 Å². The van der Waals surface area contributed by atoms with Crippen molar-refractivity contribution in [3.63, 3.8) is 0 Å². The van der Waals surface area contributed by atoms with E-state index in [4.69, 9.17) is 0 Å². The summed E-state index contributed by atoms with van der Waals surface area (Å²) in [7, 11) is 1.91. The SMILES string of the molecule is C=Cc1ccccc1NC.CC.[HH]. The summed E-state index contributed by atoms with van der Waals surface area (Å²) in [5, 5.41) is 3.08. The Hall–Kier alpha value is -1.24. The van der Waals surface area contributed by atoms with Gasteiger partial charge in [-0.2, -0.15) is 0 Å². The summed E-state index contributed by atoms with van der Waals surface area (Å²) in [4.78, 5) is 0. The zero-order valence-electron chi connectivity index (χ0n) is 8.09. The molecule has 0 heterocycles. The summed E-state index contributed by atoms with van der Waals surface area (Å²) >= 11 is 0. The maximum Gasteiger partial charge on any atom is 0.0410 e. The Bertz CT molecular complexity index is 233. The van der Waals surface area contributed by atoms with Gasteiger partial charge in [0.2, 0.25) is 0 Å². The molecule has 0 aromatic heterocycles. The van der Waals surface area contributed by atoms with Crippen molar-refractivity contribution < 1.29 is 1.43 Å². The lowest BCUT2D eigenvalue weighted by Gasteiger charge is -2.02. The molecule has 0 atom stereocenters. The summed E-state index contributed by atoms with van der Waals surface area (Å²) in [5.74, 6) is 0. The van der Waals surface area contributed by atoms with Crippen molar-refractivity contribution >= 4 is 11.8 Å². The lowest BCUT2D eigenvalue weighted by atomic mass is 10.2. The Balaban J connectivity index is 0. The van der Waals surface area contributed by atoms with Gasteiger partial charge in [0.15, 0.2) is 0 Å². The fourth-order valence-electron chi connectivity index (χ4n) is 0.903. The third-order valence-electron chi connectivity index (χ3n) is 1.45. The molecule has 0 aliphatic rings. The first kappa shape index (κ1) is 10.8. The quantitative estimate of drug-likeness (QED) is 0.705. The number of rotatable bonds is 2. The van der Waals surface area contributed by atoms with Gasteiger partial charge in [-0.25, -0.2) is 0 Å². The Morgan fingerprint density at radius 3 is 2.33 bits per heavy atom. The maximum absolute atomic E-state index is 3.70. The molecule has 0 saturated heterocycles. The van der Waals surface area contributed by atoms with Crippen molar-refractivity contribution in [1.82, 2.24) is 0 Å². The molecule has 0 amide bonds. The molecule has 0 bridgehead atoms. The summed E-state index contributed by atoms with van der Waals surface area (Å²) in [5.41, 5.74) is 2.27. The number of hydrogen-bond donors (Lipinski definition) is 1. The second-order valence-electron chi connectivity index (χ2n) is 2.04. The molecule has 1 N–H and O–H groups in total. The predicted octanol–water partition coefficient (Wildman–Crippen LogP) is 3.64. The molecule has 0 radical (unpaired) electrons. The van der Waals surface area contributed by atoms with Gasteiger partial charge in [0.05, 0.1) is 0 Å². The van der Waals surface area contributed by atoms with Crippen molar-refractivity contribution in [3.8, 4) is 0 Å². The van der Waals surface area contributed by atoms with Crippen LogP contribution in [-0.4, -0.2) is 7.05 Å². The van der Waals surface area contributed by atoms with Crippen LogP contribution in [0.15, 0.2) is 30.8 Å². The second-order valence-corrected chi connectivity index (χ2v) is 2.04.